The molecule has 0 radical (unpaired) electrons. The Labute approximate surface area is 130 Å². The average Bonchev–Trinajstić information content (AvgIpc) is 2.95. The van der Waals surface area contributed by atoms with Gasteiger partial charge >= 0.3 is 5.97 Å². The Hall–Kier alpha value is -1.88. The lowest BCUT2D eigenvalue weighted by atomic mass is 9.97. The monoisotopic (exact) mass is 305 g/mol. The second-order valence-electron chi connectivity index (χ2n) is 6.33. The number of rotatable bonds is 5. The van der Waals surface area contributed by atoms with Crippen LogP contribution < -0.4 is 0 Å². The molecule has 0 unspecified atom stereocenters. The number of carbonyl (C=O) groups excluding carboxylic acids is 1. The van der Waals surface area contributed by atoms with Gasteiger partial charge in [0.05, 0.1) is 5.56 Å². The minimum Gasteiger partial charge on any atom is -0.478 e. The summed E-state index contributed by atoms with van der Waals surface area (Å²) < 4.78 is 5.25. The fourth-order valence-corrected chi connectivity index (χ4v) is 2.82. The number of ether oxygens (including phenoxy) is 1. The van der Waals surface area contributed by atoms with E-state index in [9.17, 15) is 9.59 Å². The molecular formula is C17H23NO4. The summed E-state index contributed by atoms with van der Waals surface area (Å²) in [6.45, 7) is 4.98. The van der Waals surface area contributed by atoms with Crippen LogP contribution in [-0.4, -0.2) is 47.7 Å². The van der Waals surface area contributed by atoms with Gasteiger partial charge < -0.3 is 14.7 Å². The standard InChI is InChI=1S/C17H23NO4/c1-17(2,22-3)16(21)18-8-7-13(11-18)9-12-5-4-6-14(10-12)15(19)20/h4-6,10,13H,7-9,11H2,1-3H3,(H,19,20)/t13-/m0/s1. The van der Waals surface area contributed by atoms with Crippen LogP contribution in [0.4, 0.5) is 0 Å². The van der Waals surface area contributed by atoms with Crippen molar-refractivity contribution in [3.8, 4) is 0 Å². The molecule has 0 aliphatic carbocycles. The SMILES string of the molecule is COC(C)(C)C(=O)N1CC[C@@H](Cc2cccc(C(=O)O)c2)C1. The third-order valence-corrected chi connectivity index (χ3v) is 4.30. The Kier molecular flexibility index (Phi) is 4.86. The minimum atomic E-state index is -0.910. The van der Waals surface area contributed by atoms with Gasteiger partial charge in [-0.25, -0.2) is 4.79 Å². The van der Waals surface area contributed by atoms with Crippen molar-refractivity contribution < 1.29 is 19.4 Å². The Morgan fingerprint density at radius 2 is 2.14 bits per heavy atom. The van der Waals surface area contributed by atoms with Crippen molar-refractivity contribution >= 4 is 11.9 Å². The highest BCUT2D eigenvalue weighted by Gasteiger charge is 2.35. The van der Waals surface area contributed by atoms with Gasteiger partial charge in [0.25, 0.3) is 5.91 Å². The van der Waals surface area contributed by atoms with Gasteiger partial charge in [0, 0.05) is 20.2 Å². The van der Waals surface area contributed by atoms with E-state index in [1.807, 2.05) is 11.0 Å². The predicted octanol–water partition coefficient (Wildman–Crippen LogP) is 2.20. The third kappa shape index (κ3) is 3.65. The second kappa shape index (κ2) is 6.48. The molecule has 1 heterocycles. The number of carboxylic acid groups (broad SMARTS) is 1. The van der Waals surface area contributed by atoms with Crippen LogP contribution in [0.5, 0.6) is 0 Å². The predicted molar refractivity (Wildman–Crippen MR) is 82.9 cm³/mol. The largest absolute Gasteiger partial charge is 0.478 e. The van der Waals surface area contributed by atoms with E-state index in [0.29, 0.717) is 18.0 Å². The Morgan fingerprint density at radius 1 is 1.41 bits per heavy atom. The summed E-state index contributed by atoms with van der Waals surface area (Å²) in [5.74, 6) is -0.538. The van der Waals surface area contributed by atoms with Crippen molar-refractivity contribution in [2.24, 2.45) is 5.92 Å². The molecule has 1 amide bonds. The molecule has 1 fully saturated rings. The summed E-state index contributed by atoms with van der Waals surface area (Å²) in [6.07, 6.45) is 1.72. The summed E-state index contributed by atoms with van der Waals surface area (Å²) in [5.41, 5.74) is 0.520. The molecule has 0 spiro atoms. The summed E-state index contributed by atoms with van der Waals surface area (Å²) in [7, 11) is 1.54. The van der Waals surface area contributed by atoms with E-state index in [0.717, 1.165) is 24.9 Å². The van der Waals surface area contributed by atoms with E-state index in [1.165, 1.54) is 0 Å². The van der Waals surface area contributed by atoms with Crippen molar-refractivity contribution in [1.29, 1.82) is 0 Å². The zero-order valence-corrected chi connectivity index (χ0v) is 13.3. The summed E-state index contributed by atoms with van der Waals surface area (Å²) in [5, 5.41) is 9.03. The zero-order valence-electron chi connectivity index (χ0n) is 13.3. The maximum Gasteiger partial charge on any atom is 0.335 e. The first-order valence-electron chi connectivity index (χ1n) is 7.50. The number of carboxylic acids is 1. The molecule has 1 N–H and O–H groups in total. The molecule has 1 aromatic rings. The first-order chi connectivity index (χ1) is 10.3. The van der Waals surface area contributed by atoms with Gasteiger partial charge in [-0.2, -0.15) is 0 Å². The number of hydrogen-bond acceptors (Lipinski definition) is 3. The van der Waals surface area contributed by atoms with Gasteiger partial charge in [-0.15, -0.1) is 0 Å². The van der Waals surface area contributed by atoms with Crippen molar-refractivity contribution in [3.05, 3.63) is 35.4 Å². The van der Waals surface area contributed by atoms with Crippen LogP contribution >= 0.6 is 0 Å². The van der Waals surface area contributed by atoms with Crippen LogP contribution in [0.2, 0.25) is 0 Å². The smallest absolute Gasteiger partial charge is 0.335 e. The van der Waals surface area contributed by atoms with Crippen LogP contribution in [0.1, 0.15) is 36.2 Å². The lowest BCUT2D eigenvalue weighted by Gasteiger charge is -2.28. The van der Waals surface area contributed by atoms with E-state index in [2.05, 4.69) is 0 Å². The molecule has 1 atom stereocenters. The van der Waals surface area contributed by atoms with Crippen LogP contribution in [0.3, 0.4) is 0 Å². The van der Waals surface area contributed by atoms with E-state index >= 15 is 0 Å². The Bertz CT molecular complexity index is 568. The first kappa shape index (κ1) is 16.5. The zero-order chi connectivity index (χ0) is 16.3. The lowest BCUT2D eigenvalue weighted by molar-refractivity contribution is -0.150. The van der Waals surface area contributed by atoms with Crippen LogP contribution in [0, 0.1) is 5.92 Å². The Balaban J connectivity index is 1.98. The molecule has 1 saturated heterocycles. The van der Waals surface area contributed by atoms with Crippen molar-refractivity contribution in [1.82, 2.24) is 4.90 Å². The number of methoxy groups -OCH3 is 1. The molecule has 0 bridgehead atoms. The lowest BCUT2D eigenvalue weighted by Crippen LogP contribution is -2.45. The number of carbonyl (C=O) groups is 2. The van der Waals surface area contributed by atoms with Crippen molar-refractivity contribution in [2.45, 2.75) is 32.3 Å². The molecule has 5 nitrogen and oxygen atoms in total. The highest BCUT2D eigenvalue weighted by molar-refractivity contribution is 5.87. The van der Waals surface area contributed by atoms with Gasteiger partial charge in [-0.1, -0.05) is 12.1 Å². The molecule has 1 aromatic carbocycles. The quantitative estimate of drug-likeness (QED) is 0.905. The van der Waals surface area contributed by atoms with Crippen molar-refractivity contribution in [2.75, 3.05) is 20.2 Å². The Morgan fingerprint density at radius 3 is 2.77 bits per heavy atom. The van der Waals surface area contributed by atoms with Gasteiger partial charge in [-0.3, -0.25) is 4.79 Å². The summed E-state index contributed by atoms with van der Waals surface area (Å²) in [6, 6.07) is 7.02. The second-order valence-corrected chi connectivity index (χ2v) is 6.33. The summed E-state index contributed by atoms with van der Waals surface area (Å²) >= 11 is 0. The fraction of sp³-hybridized carbons (Fsp3) is 0.529. The summed E-state index contributed by atoms with van der Waals surface area (Å²) in [4.78, 5) is 25.2. The molecule has 22 heavy (non-hydrogen) atoms. The molecule has 1 aliphatic heterocycles. The molecule has 0 aromatic heterocycles. The number of hydrogen-bond donors (Lipinski definition) is 1. The van der Waals surface area contributed by atoms with E-state index in [-0.39, 0.29) is 5.91 Å². The molecule has 120 valence electrons. The fourth-order valence-electron chi connectivity index (χ4n) is 2.82. The van der Waals surface area contributed by atoms with Crippen molar-refractivity contribution in [3.63, 3.8) is 0 Å². The first-order valence-corrected chi connectivity index (χ1v) is 7.50. The maximum absolute atomic E-state index is 12.4. The van der Waals surface area contributed by atoms with Gasteiger partial charge in [0.1, 0.15) is 5.60 Å². The number of likely N-dealkylation sites (tertiary alicyclic amines) is 1. The number of nitrogens with zero attached hydrogens (tertiary/aromatic N) is 1. The molecule has 5 heteroatoms. The van der Waals surface area contributed by atoms with Gasteiger partial charge in [-0.05, 0) is 50.3 Å². The number of amides is 1. The van der Waals surface area contributed by atoms with Crippen LogP contribution in [0.25, 0.3) is 0 Å². The van der Waals surface area contributed by atoms with Crippen LogP contribution in [-0.2, 0) is 16.0 Å². The maximum atomic E-state index is 12.4. The average molecular weight is 305 g/mol. The van der Waals surface area contributed by atoms with Gasteiger partial charge in [0.2, 0.25) is 0 Å². The molecule has 2 rings (SSSR count). The molecular weight excluding hydrogens is 282 g/mol. The highest BCUT2D eigenvalue weighted by atomic mass is 16.5. The minimum absolute atomic E-state index is 0.0109. The van der Waals surface area contributed by atoms with E-state index in [4.69, 9.17) is 9.84 Å². The number of aromatic carboxylic acids is 1. The normalized spacial score (nSPS) is 18.5. The third-order valence-electron chi connectivity index (χ3n) is 4.30. The number of benzene rings is 1. The van der Waals surface area contributed by atoms with E-state index < -0.39 is 11.6 Å². The molecule has 1 aliphatic rings. The topological polar surface area (TPSA) is 66.8 Å². The highest BCUT2D eigenvalue weighted by Crippen LogP contribution is 2.24. The van der Waals surface area contributed by atoms with Gasteiger partial charge in [0.15, 0.2) is 0 Å². The van der Waals surface area contributed by atoms with Crippen LogP contribution in [0.15, 0.2) is 24.3 Å². The molecule has 0 saturated carbocycles. The van der Waals surface area contributed by atoms with E-state index in [1.54, 1.807) is 39.2 Å².